The van der Waals surface area contributed by atoms with Gasteiger partial charge in [-0.25, -0.2) is 0 Å². The van der Waals surface area contributed by atoms with Crippen molar-refractivity contribution in [3.8, 4) is 12.3 Å². The fourth-order valence-corrected chi connectivity index (χ4v) is 0.820. The average molecular weight is 165 g/mol. The van der Waals surface area contributed by atoms with Gasteiger partial charge in [0, 0.05) is 13.6 Å². The number of terminal acetylenes is 1. The van der Waals surface area contributed by atoms with Gasteiger partial charge in [0.15, 0.2) is 0 Å². The molecule has 2 nitrogen and oxygen atoms in total. The van der Waals surface area contributed by atoms with Crippen molar-refractivity contribution in [1.82, 2.24) is 4.90 Å². The van der Waals surface area contributed by atoms with Crippen LogP contribution in [0.3, 0.4) is 0 Å². The smallest absolute Gasteiger partial charge is 0.234 e. The minimum absolute atomic E-state index is 0.0153. The van der Waals surface area contributed by atoms with Crippen LogP contribution in [-0.2, 0) is 4.79 Å². The van der Waals surface area contributed by atoms with Gasteiger partial charge in [0.2, 0.25) is 5.91 Å². The fraction of sp³-hybridized carbons (Fsp3) is 0.500. The van der Waals surface area contributed by atoms with Gasteiger partial charge >= 0.3 is 0 Å². The van der Waals surface area contributed by atoms with E-state index in [1.165, 1.54) is 0 Å². The van der Waals surface area contributed by atoms with Crippen molar-refractivity contribution < 1.29 is 4.79 Å². The summed E-state index contributed by atoms with van der Waals surface area (Å²) in [6.07, 6.45) is 8.95. The van der Waals surface area contributed by atoms with Crippen LogP contribution in [-0.4, -0.2) is 24.4 Å². The van der Waals surface area contributed by atoms with Gasteiger partial charge in [-0.15, -0.1) is 13.0 Å². The lowest BCUT2D eigenvalue weighted by Gasteiger charge is -2.14. The average Bonchev–Trinajstić information content (AvgIpc) is 2.05. The first-order valence-electron chi connectivity index (χ1n) is 4.00. The molecule has 0 fully saturated rings. The second-order valence-corrected chi connectivity index (χ2v) is 2.63. The predicted molar refractivity (Wildman–Crippen MR) is 50.5 cm³/mol. The van der Waals surface area contributed by atoms with Gasteiger partial charge in [0.1, 0.15) is 0 Å². The second kappa shape index (κ2) is 6.48. The van der Waals surface area contributed by atoms with Crippen molar-refractivity contribution in [3.63, 3.8) is 0 Å². The number of unbranched alkanes of at least 4 members (excludes halogenated alkanes) is 1. The first-order chi connectivity index (χ1) is 5.72. The summed E-state index contributed by atoms with van der Waals surface area (Å²) >= 11 is 0. The standard InChI is InChI=1S/C10H15NO/c1-4-6-7-9-11(3)10(12)8-5-2/h2,4H,1,6-9H2,3H3. The number of carbonyl (C=O) groups excluding carboxylic acids is 1. The normalized spacial score (nSPS) is 8.67. The van der Waals surface area contributed by atoms with Gasteiger partial charge in [0.05, 0.1) is 6.42 Å². The van der Waals surface area contributed by atoms with Crippen LogP contribution in [0.25, 0.3) is 0 Å². The van der Waals surface area contributed by atoms with Crippen molar-refractivity contribution >= 4 is 5.91 Å². The summed E-state index contributed by atoms with van der Waals surface area (Å²) in [4.78, 5) is 12.8. The van der Waals surface area contributed by atoms with E-state index < -0.39 is 0 Å². The molecule has 12 heavy (non-hydrogen) atoms. The lowest BCUT2D eigenvalue weighted by atomic mass is 10.3. The Hall–Kier alpha value is -1.23. The monoisotopic (exact) mass is 165 g/mol. The topological polar surface area (TPSA) is 20.3 Å². The number of hydrogen-bond acceptors (Lipinski definition) is 1. The van der Waals surface area contributed by atoms with E-state index in [4.69, 9.17) is 6.42 Å². The lowest BCUT2D eigenvalue weighted by molar-refractivity contribution is -0.128. The van der Waals surface area contributed by atoms with E-state index in [1.54, 1.807) is 11.9 Å². The first-order valence-corrected chi connectivity index (χ1v) is 4.00. The number of nitrogens with zero attached hydrogens (tertiary/aromatic N) is 1. The zero-order chi connectivity index (χ0) is 9.40. The van der Waals surface area contributed by atoms with Crippen LogP contribution < -0.4 is 0 Å². The van der Waals surface area contributed by atoms with Crippen LogP contribution in [0.5, 0.6) is 0 Å². The highest BCUT2D eigenvalue weighted by Gasteiger charge is 2.04. The molecule has 0 saturated heterocycles. The number of rotatable bonds is 5. The lowest BCUT2D eigenvalue weighted by Crippen LogP contribution is -2.26. The van der Waals surface area contributed by atoms with Gasteiger partial charge in [0.25, 0.3) is 0 Å². The molecule has 0 atom stereocenters. The van der Waals surface area contributed by atoms with Crippen molar-refractivity contribution in [3.05, 3.63) is 12.7 Å². The van der Waals surface area contributed by atoms with E-state index in [0.717, 1.165) is 19.4 Å². The predicted octanol–water partition coefficient (Wildman–Crippen LogP) is 1.43. The van der Waals surface area contributed by atoms with Crippen molar-refractivity contribution in [1.29, 1.82) is 0 Å². The molecule has 2 heteroatoms. The fourth-order valence-electron chi connectivity index (χ4n) is 0.820. The molecule has 0 aliphatic carbocycles. The summed E-state index contributed by atoms with van der Waals surface area (Å²) in [6.45, 7) is 4.36. The summed E-state index contributed by atoms with van der Waals surface area (Å²) in [5.74, 6) is 2.34. The Morgan fingerprint density at radius 2 is 2.42 bits per heavy atom. The molecule has 0 N–H and O–H groups in total. The Bertz CT molecular complexity index is 191. The summed E-state index contributed by atoms with van der Waals surface area (Å²) in [6, 6.07) is 0. The molecule has 0 aromatic rings. The van der Waals surface area contributed by atoms with Gasteiger partial charge in [-0.2, -0.15) is 0 Å². The molecule has 0 aromatic carbocycles. The molecule has 66 valence electrons. The third-order valence-electron chi connectivity index (χ3n) is 1.58. The zero-order valence-electron chi connectivity index (χ0n) is 7.55. The summed E-state index contributed by atoms with van der Waals surface area (Å²) in [5, 5.41) is 0. The van der Waals surface area contributed by atoms with Gasteiger partial charge in [-0.1, -0.05) is 12.0 Å². The molecule has 0 spiro atoms. The SMILES string of the molecule is C#CCC(=O)N(C)CCCC=C. The molecule has 0 rings (SSSR count). The van der Waals surface area contributed by atoms with Crippen LogP contribution >= 0.6 is 0 Å². The van der Waals surface area contributed by atoms with Gasteiger partial charge in [-0.3, -0.25) is 4.79 Å². The molecule has 0 bridgehead atoms. The van der Waals surface area contributed by atoms with E-state index in [2.05, 4.69) is 12.5 Å². The maximum absolute atomic E-state index is 11.1. The Kier molecular flexibility index (Phi) is 5.81. The maximum atomic E-state index is 11.1. The number of carbonyl (C=O) groups is 1. The molecule has 0 unspecified atom stereocenters. The molecule has 0 radical (unpaired) electrons. The Morgan fingerprint density at radius 3 is 2.92 bits per heavy atom. The summed E-state index contributed by atoms with van der Waals surface area (Å²) < 4.78 is 0. The molecule has 1 amide bonds. The van der Waals surface area contributed by atoms with Crippen molar-refractivity contribution in [2.75, 3.05) is 13.6 Å². The summed E-state index contributed by atoms with van der Waals surface area (Å²) in [7, 11) is 1.77. The maximum Gasteiger partial charge on any atom is 0.234 e. The van der Waals surface area contributed by atoms with Crippen LogP contribution in [0.1, 0.15) is 19.3 Å². The summed E-state index contributed by atoms with van der Waals surface area (Å²) in [5.41, 5.74) is 0. The van der Waals surface area contributed by atoms with Crippen molar-refractivity contribution in [2.24, 2.45) is 0 Å². The molecule has 0 aliphatic heterocycles. The van der Waals surface area contributed by atoms with E-state index in [0.29, 0.717) is 0 Å². The van der Waals surface area contributed by atoms with Gasteiger partial charge < -0.3 is 4.90 Å². The molecule has 0 aromatic heterocycles. The number of hydrogen-bond donors (Lipinski definition) is 0. The third kappa shape index (κ3) is 4.56. The minimum Gasteiger partial charge on any atom is -0.345 e. The Labute approximate surface area is 74.3 Å². The number of allylic oxidation sites excluding steroid dienone is 1. The first kappa shape index (κ1) is 10.8. The second-order valence-electron chi connectivity index (χ2n) is 2.63. The Balaban J connectivity index is 3.57. The molecule has 0 aliphatic rings. The van der Waals surface area contributed by atoms with Crippen LogP contribution in [0.2, 0.25) is 0 Å². The molecule has 0 saturated carbocycles. The molecule has 0 heterocycles. The largest absolute Gasteiger partial charge is 0.345 e. The molecular formula is C10H15NO. The highest BCUT2D eigenvalue weighted by Crippen LogP contribution is 1.95. The quantitative estimate of drug-likeness (QED) is 0.343. The Morgan fingerprint density at radius 1 is 1.75 bits per heavy atom. The zero-order valence-corrected chi connectivity index (χ0v) is 7.55. The minimum atomic E-state index is 0.0153. The van der Waals surface area contributed by atoms with Gasteiger partial charge in [-0.05, 0) is 12.8 Å². The number of amides is 1. The highest BCUT2D eigenvalue weighted by atomic mass is 16.2. The van der Waals surface area contributed by atoms with Crippen LogP contribution in [0.4, 0.5) is 0 Å². The van der Waals surface area contributed by atoms with Crippen molar-refractivity contribution in [2.45, 2.75) is 19.3 Å². The van der Waals surface area contributed by atoms with E-state index in [9.17, 15) is 4.79 Å². The highest BCUT2D eigenvalue weighted by molar-refractivity contribution is 5.78. The van der Waals surface area contributed by atoms with Crippen LogP contribution in [0.15, 0.2) is 12.7 Å². The third-order valence-corrected chi connectivity index (χ3v) is 1.58. The van der Waals surface area contributed by atoms with E-state index in [1.807, 2.05) is 6.08 Å². The van der Waals surface area contributed by atoms with E-state index in [-0.39, 0.29) is 12.3 Å². The molecular weight excluding hydrogens is 150 g/mol. The van der Waals surface area contributed by atoms with E-state index >= 15 is 0 Å². The van der Waals surface area contributed by atoms with Crippen LogP contribution in [0, 0.1) is 12.3 Å².